The molecule has 6 heteroatoms. The fourth-order valence-electron chi connectivity index (χ4n) is 2.82. The van der Waals surface area contributed by atoms with Gasteiger partial charge < -0.3 is 10.6 Å². The van der Waals surface area contributed by atoms with Gasteiger partial charge in [-0.1, -0.05) is 48.5 Å². The van der Waals surface area contributed by atoms with E-state index in [0.29, 0.717) is 30.5 Å². The fraction of sp³-hybridized carbons (Fsp3) is 0.0870. The maximum Gasteiger partial charge on any atom is 0.163 e. The van der Waals surface area contributed by atoms with E-state index >= 15 is 0 Å². The van der Waals surface area contributed by atoms with Crippen molar-refractivity contribution in [2.75, 3.05) is 10.6 Å². The molecule has 2 aromatic carbocycles. The molecular weight excluding hydrogens is 365 g/mol. The first-order valence-electron chi connectivity index (χ1n) is 9.33. The average Bonchev–Trinajstić information content (AvgIpc) is 2.78. The van der Waals surface area contributed by atoms with Crippen molar-refractivity contribution >= 4 is 11.6 Å². The maximum atomic E-state index is 13.1. The minimum Gasteiger partial charge on any atom is -0.366 e. The molecule has 0 aliphatic carbocycles. The van der Waals surface area contributed by atoms with Gasteiger partial charge >= 0.3 is 0 Å². The summed E-state index contributed by atoms with van der Waals surface area (Å²) in [4.78, 5) is 13.6. The third-order valence-electron chi connectivity index (χ3n) is 4.32. The van der Waals surface area contributed by atoms with Gasteiger partial charge in [0.2, 0.25) is 0 Å². The zero-order valence-corrected chi connectivity index (χ0v) is 15.7. The van der Waals surface area contributed by atoms with Crippen LogP contribution in [0, 0.1) is 5.82 Å². The van der Waals surface area contributed by atoms with Gasteiger partial charge in [0.05, 0.1) is 12.2 Å². The molecule has 0 atom stereocenters. The summed E-state index contributed by atoms with van der Waals surface area (Å²) < 4.78 is 13.1. The number of nitrogens with one attached hydrogen (secondary N) is 2. The van der Waals surface area contributed by atoms with Gasteiger partial charge in [-0.05, 0) is 29.8 Å². The molecule has 4 aromatic rings. The summed E-state index contributed by atoms with van der Waals surface area (Å²) in [6.07, 6.45) is 1.77. The van der Waals surface area contributed by atoms with E-state index in [1.807, 2.05) is 54.6 Å². The highest BCUT2D eigenvalue weighted by Crippen LogP contribution is 2.21. The van der Waals surface area contributed by atoms with Crippen molar-refractivity contribution in [3.63, 3.8) is 0 Å². The van der Waals surface area contributed by atoms with Crippen molar-refractivity contribution in [1.82, 2.24) is 15.0 Å². The fourth-order valence-corrected chi connectivity index (χ4v) is 2.82. The van der Waals surface area contributed by atoms with E-state index in [2.05, 4.69) is 25.6 Å². The Balaban J connectivity index is 1.56. The van der Waals surface area contributed by atoms with Gasteiger partial charge in [0.1, 0.15) is 17.5 Å². The second-order valence-corrected chi connectivity index (χ2v) is 6.48. The molecule has 0 bridgehead atoms. The summed E-state index contributed by atoms with van der Waals surface area (Å²) in [5, 5.41) is 6.61. The highest BCUT2D eigenvalue weighted by atomic mass is 19.1. The number of rotatable bonds is 7. The van der Waals surface area contributed by atoms with Crippen LogP contribution in [0.25, 0.3) is 11.4 Å². The predicted octanol–water partition coefficient (Wildman–Crippen LogP) is 4.90. The summed E-state index contributed by atoms with van der Waals surface area (Å²) in [7, 11) is 0. The first-order valence-corrected chi connectivity index (χ1v) is 9.33. The van der Waals surface area contributed by atoms with Crippen LogP contribution in [0.1, 0.15) is 11.3 Å². The van der Waals surface area contributed by atoms with E-state index in [-0.39, 0.29) is 5.82 Å². The maximum absolute atomic E-state index is 13.1. The molecule has 2 heterocycles. The van der Waals surface area contributed by atoms with Gasteiger partial charge in [0.15, 0.2) is 5.82 Å². The molecule has 0 spiro atoms. The third kappa shape index (κ3) is 5.13. The molecule has 0 unspecified atom stereocenters. The van der Waals surface area contributed by atoms with Crippen LogP contribution in [-0.4, -0.2) is 15.0 Å². The Morgan fingerprint density at radius 2 is 1.41 bits per heavy atom. The lowest BCUT2D eigenvalue weighted by atomic mass is 10.2. The Morgan fingerprint density at radius 1 is 0.724 bits per heavy atom. The van der Waals surface area contributed by atoms with Crippen LogP contribution >= 0.6 is 0 Å². The molecule has 0 radical (unpaired) electrons. The molecule has 2 N–H and O–H groups in total. The van der Waals surface area contributed by atoms with Crippen LogP contribution in [0.4, 0.5) is 16.0 Å². The smallest absolute Gasteiger partial charge is 0.163 e. The van der Waals surface area contributed by atoms with Crippen molar-refractivity contribution in [3.05, 3.63) is 102 Å². The Morgan fingerprint density at radius 3 is 2.10 bits per heavy atom. The van der Waals surface area contributed by atoms with Gasteiger partial charge in [-0.2, -0.15) is 0 Å². The highest BCUT2D eigenvalue weighted by molar-refractivity contribution is 5.61. The number of anilines is 2. The molecule has 0 aliphatic rings. The van der Waals surface area contributed by atoms with Crippen LogP contribution in [0.5, 0.6) is 0 Å². The Kier molecular flexibility index (Phi) is 5.71. The molecule has 4 rings (SSSR count). The number of hydrogen-bond acceptors (Lipinski definition) is 5. The second-order valence-electron chi connectivity index (χ2n) is 6.48. The van der Waals surface area contributed by atoms with Crippen LogP contribution in [-0.2, 0) is 13.1 Å². The molecule has 5 nitrogen and oxygen atoms in total. The number of benzene rings is 2. The molecule has 0 fully saturated rings. The molecule has 0 saturated heterocycles. The summed E-state index contributed by atoms with van der Waals surface area (Å²) in [5.41, 5.74) is 2.82. The van der Waals surface area contributed by atoms with Crippen LogP contribution in [0.3, 0.4) is 0 Å². The summed E-state index contributed by atoms with van der Waals surface area (Å²) >= 11 is 0. The molecule has 29 heavy (non-hydrogen) atoms. The van der Waals surface area contributed by atoms with Crippen LogP contribution < -0.4 is 10.6 Å². The number of nitrogens with zero attached hydrogens (tertiary/aromatic N) is 3. The average molecular weight is 385 g/mol. The Bertz CT molecular complexity index is 1050. The minimum atomic E-state index is -0.247. The van der Waals surface area contributed by atoms with E-state index in [1.54, 1.807) is 18.3 Å². The lowest BCUT2D eigenvalue weighted by molar-refractivity contribution is 0.627. The van der Waals surface area contributed by atoms with Gasteiger partial charge in [-0.3, -0.25) is 4.98 Å². The molecule has 0 aliphatic heterocycles. The molecule has 0 amide bonds. The van der Waals surface area contributed by atoms with Crippen molar-refractivity contribution < 1.29 is 4.39 Å². The molecular formula is C23H20FN5. The van der Waals surface area contributed by atoms with Gasteiger partial charge in [-0.25, -0.2) is 14.4 Å². The Hall–Kier alpha value is -3.80. The molecule has 0 saturated carbocycles. The lowest BCUT2D eigenvalue weighted by Gasteiger charge is -2.12. The van der Waals surface area contributed by atoms with Crippen molar-refractivity contribution in [1.29, 1.82) is 0 Å². The lowest BCUT2D eigenvalue weighted by Crippen LogP contribution is -2.07. The predicted molar refractivity (Wildman–Crippen MR) is 113 cm³/mol. The monoisotopic (exact) mass is 385 g/mol. The summed E-state index contributed by atoms with van der Waals surface area (Å²) in [6.45, 7) is 1.09. The normalized spacial score (nSPS) is 10.5. The summed E-state index contributed by atoms with van der Waals surface area (Å²) in [6, 6.07) is 23.9. The number of aromatic nitrogens is 3. The highest BCUT2D eigenvalue weighted by Gasteiger charge is 2.07. The van der Waals surface area contributed by atoms with Crippen LogP contribution in [0.2, 0.25) is 0 Å². The number of hydrogen-bond donors (Lipinski definition) is 2. The molecule has 2 aromatic heterocycles. The number of pyridine rings is 1. The van der Waals surface area contributed by atoms with Crippen molar-refractivity contribution in [2.24, 2.45) is 0 Å². The first-order chi connectivity index (χ1) is 14.3. The second kappa shape index (κ2) is 8.93. The molecule has 144 valence electrons. The Labute approximate surface area is 168 Å². The van der Waals surface area contributed by atoms with Gasteiger partial charge in [-0.15, -0.1) is 0 Å². The first kappa shape index (κ1) is 18.6. The zero-order chi connectivity index (χ0) is 19.9. The van der Waals surface area contributed by atoms with E-state index in [0.717, 1.165) is 16.8 Å². The largest absolute Gasteiger partial charge is 0.366 e. The zero-order valence-electron chi connectivity index (χ0n) is 15.7. The van der Waals surface area contributed by atoms with Crippen molar-refractivity contribution in [3.8, 4) is 11.4 Å². The van der Waals surface area contributed by atoms with E-state index in [1.165, 1.54) is 12.1 Å². The van der Waals surface area contributed by atoms with Crippen LogP contribution in [0.15, 0.2) is 85.1 Å². The number of halogens is 1. The van der Waals surface area contributed by atoms with E-state index in [4.69, 9.17) is 0 Å². The minimum absolute atomic E-state index is 0.247. The van der Waals surface area contributed by atoms with Gasteiger partial charge in [0, 0.05) is 24.4 Å². The quantitative estimate of drug-likeness (QED) is 0.474. The van der Waals surface area contributed by atoms with Crippen molar-refractivity contribution in [2.45, 2.75) is 13.1 Å². The van der Waals surface area contributed by atoms with E-state index in [9.17, 15) is 4.39 Å². The third-order valence-corrected chi connectivity index (χ3v) is 4.32. The van der Waals surface area contributed by atoms with Gasteiger partial charge in [0.25, 0.3) is 0 Å². The summed E-state index contributed by atoms with van der Waals surface area (Å²) in [5.74, 6) is 1.76. The standard InChI is InChI=1S/C23H20FN5/c24-19-11-9-17(10-12-19)15-26-21-14-22(27-16-20-8-4-5-13-25-20)29-23(28-21)18-6-2-1-3-7-18/h1-14H,15-16H2,(H2,26,27,28,29). The SMILES string of the molecule is Fc1ccc(CNc2cc(NCc3ccccn3)nc(-c3ccccc3)n2)cc1. The topological polar surface area (TPSA) is 62.7 Å². The van der Waals surface area contributed by atoms with E-state index < -0.39 is 0 Å².